The molecule has 1 aliphatic rings. The highest BCUT2D eigenvalue weighted by atomic mass is 32.2. The minimum atomic E-state index is -0.107. The van der Waals surface area contributed by atoms with Gasteiger partial charge in [-0.05, 0) is 19.6 Å². The second-order valence-corrected chi connectivity index (χ2v) is 5.36. The average Bonchev–Trinajstić information content (AvgIpc) is 2.97. The molecular weight excluding hydrogens is 276 g/mol. The van der Waals surface area contributed by atoms with Crippen LogP contribution in [0.5, 0.6) is 0 Å². The van der Waals surface area contributed by atoms with Crippen molar-refractivity contribution in [1.29, 1.82) is 0 Å². The molecule has 7 heteroatoms. The molecular formula is C13H18N4O2S. The molecule has 1 aliphatic heterocycles. The van der Waals surface area contributed by atoms with E-state index in [9.17, 15) is 9.59 Å². The molecule has 20 heavy (non-hydrogen) atoms. The molecule has 0 radical (unpaired) electrons. The van der Waals surface area contributed by atoms with E-state index in [1.165, 1.54) is 11.8 Å². The Balaban J connectivity index is 1.98. The van der Waals surface area contributed by atoms with Gasteiger partial charge in [-0.15, -0.1) is 0 Å². The van der Waals surface area contributed by atoms with Gasteiger partial charge in [0.15, 0.2) is 5.16 Å². The number of nitrogens with one attached hydrogen (secondary N) is 1. The third-order valence-corrected chi connectivity index (χ3v) is 3.83. The van der Waals surface area contributed by atoms with Crippen LogP contribution in [0.4, 0.5) is 0 Å². The summed E-state index contributed by atoms with van der Waals surface area (Å²) >= 11 is 1.43. The Hall–Kier alpha value is -1.63. The lowest BCUT2D eigenvalue weighted by atomic mass is 10.1. The van der Waals surface area contributed by atoms with Gasteiger partial charge in [-0.3, -0.25) is 9.59 Å². The zero-order chi connectivity index (χ0) is 14.5. The maximum atomic E-state index is 12.3. The van der Waals surface area contributed by atoms with Crippen LogP contribution in [0.3, 0.4) is 0 Å². The highest BCUT2D eigenvalue weighted by Crippen LogP contribution is 2.19. The molecule has 0 saturated carbocycles. The first-order chi connectivity index (χ1) is 9.65. The van der Waals surface area contributed by atoms with Crippen molar-refractivity contribution in [2.45, 2.75) is 18.5 Å². The Morgan fingerprint density at radius 2 is 2.15 bits per heavy atom. The van der Waals surface area contributed by atoms with Gasteiger partial charge in [0, 0.05) is 32.0 Å². The SMILES string of the molecule is CCNC(=O)[C@H]1CCN(C(=O)c2cnc(SC)nc2)C1. The Bertz CT molecular complexity index is 492. The molecule has 2 rings (SSSR count). The summed E-state index contributed by atoms with van der Waals surface area (Å²) in [6.07, 6.45) is 5.68. The minimum Gasteiger partial charge on any atom is -0.356 e. The van der Waals surface area contributed by atoms with E-state index < -0.39 is 0 Å². The molecule has 0 aromatic carbocycles. The van der Waals surface area contributed by atoms with Crippen molar-refractivity contribution in [2.75, 3.05) is 25.9 Å². The number of amides is 2. The Kier molecular flexibility index (Phi) is 4.94. The lowest BCUT2D eigenvalue weighted by Crippen LogP contribution is -2.34. The number of carbonyl (C=O) groups excluding carboxylic acids is 2. The number of hydrogen-bond acceptors (Lipinski definition) is 5. The molecule has 2 heterocycles. The zero-order valence-electron chi connectivity index (χ0n) is 11.6. The molecule has 2 amide bonds. The second kappa shape index (κ2) is 6.69. The maximum absolute atomic E-state index is 12.3. The van der Waals surface area contributed by atoms with Gasteiger partial charge in [-0.25, -0.2) is 9.97 Å². The van der Waals surface area contributed by atoms with Crippen molar-refractivity contribution in [2.24, 2.45) is 5.92 Å². The summed E-state index contributed by atoms with van der Waals surface area (Å²) in [6.45, 7) is 3.58. The van der Waals surface area contributed by atoms with Crippen molar-refractivity contribution in [1.82, 2.24) is 20.2 Å². The summed E-state index contributed by atoms with van der Waals surface area (Å²) in [6, 6.07) is 0. The van der Waals surface area contributed by atoms with Gasteiger partial charge in [0.1, 0.15) is 0 Å². The Morgan fingerprint density at radius 3 is 2.75 bits per heavy atom. The number of carbonyl (C=O) groups is 2. The predicted octanol–water partition coefficient (Wildman–Crippen LogP) is 0.797. The van der Waals surface area contributed by atoms with Crippen LogP contribution in [0.2, 0.25) is 0 Å². The minimum absolute atomic E-state index is 0.0248. The number of aromatic nitrogens is 2. The number of rotatable bonds is 4. The third-order valence-electron chi connectivity index (χ3n) is 3.25. The van der Waals surface area contributed by atoms with Crippen LogP contribution in [0.1, 0.15) is 23.7 Å². The molecule has 0 unspecified atom stereocenters. The average molecular weight is 294 g/mol. The molecule has 1 saturated heterocycles. The van der Waals surface area contributed by atoms with Gasteiger partial charge in [0.05, 0.1) is 11.5 Å². The summed E-state index contributed by atoms with van der Waals surface area (Å²) in [5.74, 6) is -0.188. The first-order valence-electron chi connectivity index (χ1n) is 6.58. The van der Waals surface area contributed by atoms with Crippen LogP contribution in [0.25, 0.3) is 0 Å². The number of likely N-dealkylation sites (tertiary alicyclic amines) is 1. The van der Waals surface area contributed by atoms with Crippen LogP contribution in [-0.2, 0) is 4.79 Å². The topological polar surface area (TPSA) is 75.2 Å². The Labute approximate surface area is 122 Å². The van der Waals surface area contributed by atoms with E-state index in [2.05, 4.69) is 15.3 Å². The van der Waals surface area contributed by atoms with Gasteiger partial charge >= 0.3 is 0 Å². The zero-order valence-corrected chi connectivity index (χ0v) is 12.4. The van der Waals surface area contributed by atoms with E-state index in [1.54, 1.807) is 17.3 Å². The van der Waals surface area contributed by atoms with Gasteiger partial charge in [0.2, 0.25) is 5.91 Å². The molecule has 0 bridgehead atoms. The molecule has 0 spiro atoms. The van der Waals surface area contributed by atoms with Gasteiger partial charge in [-0.2, -0.15) is 0 Å². The summed E-state index contributed by atoms with van der Waals surface area (Å²) in [7, 11) is 0. The summed E-state index contributed by atoms with van der Waals surface area (Å²) in [5, 5.41) is 3.44. The molecule has 1 fully saturated rings. The first kappa shape index (κ1) is 14.8. The monoisotopic (exact) mass is 294 g/mol. The van der Waals surface area contributed by atoms with E-state index in [1.807, 2.05) is 13.2 Å². The fourth-order valence-corrected chi connectivity index (χ4v) is 2.51. The molecule has 1 aromatic rings. The van der Waals surface area contributed by atoms with Crippen LogP contribution in [-0.4, -0.2) is 52.6 Å². The van der Waals surface area contributed by atoms with Gasteiger partial charge in [0.25, 0.3) is 5.91 Å². The van der Waals surface area contributed by atoms with E-state index in [-0.39, 0.29) is 17.7 Å². The first-order valence-corrected chi connectivity index (χ1v) is 7.81. The largest absolute Gasteiger partial charge is 0.356 e. The van der Waals surface area contributed by atoms with Crippen molar-refractivity contribution in [3.8, 4) is 0 Å². The molecule has 108 valence electrons. The highest BCUT2D eigenvalue weighted by Gasteiger charge is 2.31. The van der Waals surface area contributed by atoms with Gasteiger partial charge < -0.3 is 10.2 Å². The predicted molar refractivity (Wildman–Crippen MR) is 76.5 cm³/mol. The van der Waals surface area contributed by atoms with Crippen molar-refractivity contribution >= 4 is 23.6 Å². The van der Waals surface area contributed by atoms with Crippen molar-refractivity contribution in [3.05, 3.63) is 18.0 Å². The number of thioether (sulfide) groups is 1. The highest BCUT2D eigenvalue weighted by molar-refractivity contribution is 7.98. The van der Waals surface area contributed by atoms with E-state index in [0.717, 1.165) is 0 Å². The molecule has 1 N–H and O–H groups in total. The molecule has 0 aliphatic carbocycles. The maximum Gasteiger partial charge on any atom is 0.257 e. The lowest BCUT2D eigenvalue weighted by Gasteiger charge is -2.16. The van der Waals surface area contributed by atoms with Crippen LogP contribution in [0.15, 0.2) is 17.6 Å². The molecule has 1 aromatic heterocycles. The second-order valence-electron chi connectivity index (χ2n) is 4.59. The van der Waals surface area contributed by atoms with Crippen molar-refractivity contribution in [3.63, 3.8) is 0 Å². The van der Waals surface area contributed by atoms with Gasteiger partial charge in [-0.1, -0.05) is 11.8 Å². The summed E-state index contributed by atoms with van der Waals surface area (Å²) in [5.41, 5.74) is 0.472. The van der Waals surface area contributed by atoms with E-state index >= 15 is 0 Å². The van der Waals surface area contributed by atoms with Crippen LogP contribution in [0, 0.1) is 5.92 Å². The standard InChI is InChI=1S/C13H18N4O2S/c1-3-14-11(18)9-4-5-17(8-9)12(19)10-6-15-13(20-2)16-7-10/h6-7,9H,3-5,8H2,1-2H3,(H,14,18)/t9-/m0/s1. The van der Waals surface area contributed by atoms with E-state index in [0.29, 0.717) is 36.8 Å². The van der Waals surface area contributed by atoms with Crippen LogP contribution < -0.4 is 5.32 Å². The fraction of sp³-hybridized carbons (Fsp3) is 0.538. The summed E-state index contributed by atoms with van der Waals surface area (Å²) < 4.78 is 0. The Morgan fingerprint density at radius 1 is 1.45 bits per heavy atom. The normalized spacial score (nSPS) is 18.1. The lowest BCUT2D eigenvalue weighted by molar-refractivity contribution is -0.124. The molecule has 1 atom stereocenters. The van der Waals surface area contributed by atoms with Crippen molar-refractivity contribution < 1.29 is 9.59 Å². The quantitative estimate of drug-likeness (QED) is 0.656. The third kappa shape index (κ3) is 3.27. The summed E-state index contributed by atoms with van der Waals surface area (Å²) in [4.78, 5) is 33.9. The smallest absolute Gasteiger partial charge is 0.257 e. The number of hydrogen-bond donors (Lipinski definition) is 1. The fourth-order valence-electron chi connectivity index (χ4n) is 2.19. The van der Waals surface area contributed by atoms with Crippen LogP contribution >= 0.6 is 11.8 Å². The molecule has 6 nitrogen and oxygen atoms in total. The van der Waals surface area contributed by atoms with E-state index in [4.69, 9.17) is 0 Å². The number of nitrogens with zero attached hydrogens (tertiary/aromatic N) is 3.